The van der Waals surface area contributed by atoms with Gasteiger partial charge in [0.05, 0.1) is 22.5 Å². The second-order valence-electron chi connectivity index (χ2n) is 5.18. The van der Waals surface area contributed by atoms with Crippen molar-refractivity contribution in [2.45, 2.75) is 6.18 Å². The highest BCUT2D eigenvalue weighted by molar-refractivity contribution is 6.04. The van der Waals surface area contributed by atoms with E-state index in [4.69, 9.17) is 0 Å². The Morgan fingerprint density at radius 2 is 1.81 bits per heavy atom. The Hall–Kier alpha value is -2.81. The maximum atomic E-state index is 13.8. The van der Waals surface area contributed by atoms with Crippen LogP contribution in [0.5, 0.6) is 0 Å². The lowest BCUT2D eigenvalue weighted by molar-refractivity contribution is -0.137. The van der Waals surface area contributed by atoms with Gasteiger partial charge < -0.3 is 9.72 Å². The van der Waals surface area contributed by atoms with Crippen LogP contribution in [0.2, 0.25) is 0 Å². The molecular formula is C17H13F5N2O2. The molecule has 0 spiro atoms. The number of benzene rings is 1. The van der Waals surface area contributed by atoms with Crippen molar-refractivity contribution >= 4 is 17.2 Å². The molecule has 1 aromatic carbocycles. The van der Waals surface area contributed by atoms with Gasteiger partial charge in [0.2, 0.25) is 0 Å². The molecule has 2 heterocycles. The lowest BCUT2D eigenvalue weighted by Crippen LogP contribution is -2.05. The number of nitrogens with zero attached hydrogens (tertiary/aromatic N) is 1. The molecule has 0 bridgehead atoms. The number of aromatic amines is 1. The van der Waals surface area contributed by atoms with Crippen LogP contribution in [0.25, 0.3) is 22.3 Å². The van der Waals surface area contributed by atoms with Gasteiger partial charge in [-0.2, -0.15) is 13.2 Å². The zero-order chi connectivity index (χ0) is 19.5. The average molecular weight is 372 g/mol. The van der Waals surface area contributed by atoms with Crippen LogP contribution in [-0.2, 0) is 10.9 Å². The number of methoxy groups -OCH3 is 1. The van der Waals surface area contributed by atoms with E-state index in [2.05, 4.69) is 14.7 Å². The monoisotopic (exact) mass is 372 g/mol. The highest BCUT2D eigenvalue weighted by Crippen LogP contribution is 2.32. The van der Waals surface area contributed by atoms with E-state index in [9.17, 15) is 26.7 Å². The van der Waals surface area contributed by atoms with Crippen molar-refractivity contribution in [2.75, 3.05) is 14.2 Å². The Morgan fingerprint density at radius 3 is 2.31 bits per heavy atom. The Bertz CT molecular complexity index is 918. The first-order valence-electron chi connectivity index (χ1n) is 7.12. The number of aromatic nitrogens is 2. The van der Waals surface area contributed by atoms with Crippen molar-refractivity contribution in [2.24, 2.45) is 0 Å². The van der Waals surface area contributed by atoms with E-state index in [1.807, 2.05) is 0 Å². The maximum Gasteiger partial charge on any atom is 0.417 e. The molecule has 0 aliphatic rings. The van der Waals surface area contributed by atoms with Crippen LogP contribution in [0.15, 0.2) is 30.5 Å². The van der Waals surface area contributed by atoms with Gasteiger partial charge in [0.25, 0.3) is 0 Å². The maximum absolute atomic E-state index is 13.8. The van der Waals surface area contributed by atoms with Crippen LogP contribution >= 0.6 is 0 Å². The zero-order valence-electron chi connectivity index (χ0n) is 13.6. The van der Waals surface area contributed by atoms with E-state index in [0.29, 0.717) is 18.5 Å². The molecule has 0 amide bonds. The van der Waals surface area contributed by atoms with E-state index in [0.717, 1.165) is 18.2 Å². The number of fused-ring (bicyclic) bond motifs is 1. The lowest BCUT2D eigenvalue weighted by Gasteiger charge is -2.06. The summed E-state index contributed by atoms with van der Waals surface area (Å²) in [6, 6.07) is 3.44. The fraction of sp³-hybridized carbons (Fsp3) is 0.176. The molecule has 26 heavy (non-hydrogen) atoms. The number of aldehydes is 1. The van der Waals surface area contributed by atoms with E-state index < -0.39 is 23.4 Å². The molecule has 0 aliphatic heterocycles. The van der Waals surface area contributed by atoms with Crippen LogP contribution in [0.1, 0.15) is 15.9 Å². The Balaban J connectivity index is 0.000000758. The first-order chi connectivity index (χ1) is 12.2. The number of carbonyl (C=O) groups is 1. The molecular weight excluding hydrogens is 359 g/mol. The molecule has 4 nitrogen and oxygen atoms in total. The first-order valence-corrected chi connectivity index (χ1v) is 7.12. The van der Waals surface area contributed by atoms with E-state index >= 15 is 0 Å². The van der Waals surface area contributed by atoms with Crippen molar-refractivity contribution in [3.63, 3.8) is 0 Å². The third kappa shape index (κ3) is 3.88. The van der Waals surface area contributed by atoms with Gasteiger partial charge in [-0.1, -0.05) is 0 Å². The van der Waals surface area contributed by atoms with Gasteiger partial charge in [-0.3, -0.25) is 9.78 Å². The number of hydrogen-bond donors (Lipinski definition) is 1. The molecule has 0 fully saturated rings. The van der Waals surface area contributed by atoms with Crippen LogP contribution in [0.4, 0.5) is 22.0 Å². The van der Waals surface area contributed by atoms with E-state index in [1.54, 1.807) is 14.2 Å². The van der Waals surface area contributed by atoms with Gasteiger partial charge in [-0.15, -0.1) is 0 Å². The highest BCUT2D eigenvalue weighted by atomic mass is 19.4. The summed E-state index contributed by atoms with van der Waals surface area (Å²) in [6.07, 6.45) is -3.58. The minimum atomic E-state index is -4.55. The molecule has 1 N–H and O–H groups in total. The summed E-state index contributed by atoms with van der Waals surface area (Å²) in [6.45, 7) is 0. The molecule has 9 heteroatoms. The normalized spacial score (nSPS) is 11.2. The number of ether oxygens (including phenoxy) is 1. The SMILES string of the molecule is COC.O=Cc1c(-c2ccc(C(F)(F)F)cn2)[nH]c2c(F)cc(F)cc12. The molecule has 0 radical (unpaired) electrons. The topological polar surface area (TPSA) is 55.0 Å². The highest BCUT2D eigenvalue weighted by Gasteiger charge is 2.31. The second kappa shape index (κ2) is 7.61. The van der Waals surface area contributed by atoms with Gasteiger partial charge in [-0.05, 0) is 18.2 Å². The quantitative estimate of drug-likeness (QED) is 0.528. The number of rotatable bonds is 2. The summed E-state index contributed by atoms with van der Waals surface area (Å²) >= 11 is 0. The summed E-state index contributed by atoms with van der Waals surface area (Å²) in [5, 5.41) is -0.00537. The van der Waals surface area contributed by atoms with E-state index in [-0.39, 0.29) is 27.9 Å². The predicted octanol–water partition coefficient (Wildman–Crippen LogP) is 4.60. The van der Waals surface area contributed by atoms with Crippen LogP contribution < -0.4 is 0 Å². The summed E-state index contributed by atoms with van der Waals surface area (Å²) in [5.41, 5.74) is -1.12. The van der Waals surface area contributed by atoms with Crippen LogP contribution in [0.3, 0.4) is 0 Å². The number of pyridine rings is 1. The van der Waals surface area contributed by atoms with Gasteiger partial charge >= 0.3 is 6.18 Å². The Morgan fingerprint density at radius 1 is 1.15 bits per heavy atom. The number of H-pyrrole nitrogens is 1. The van der Waals surface area contributed by atoms with Gasteiger partial charge in [0, 0.05) is 37.4 Å². The number of alkyl halides is 3. The summed E-state index contributed by atoms with van der Waals surface area (Å²) in [4.78, 5) is 17.5. The van der Waals surface area contributed by atoms with Crippen LogP contribution in [0, 0.1) is 11.6 Å². The molecule has 2 aromatic heterocycles. The molecule has 0 saturated carbocycles. The third-order valence-corrected chi connectivity index (χ3v) is 3.33. The second-order valence-corrected chi connectivity index (χ2v) is 5.18. The Labute approximate surface area is 144 Å². The van der Waals surface area contributed by atoms with Crippen molar-refractivity contribution in [3.8, 4) is 11.4 Å². The molecule has 0 unspecified atom stereocenters. The number of hydrogen-bond acceptors (Lipinski definition) is 3. The summed E-state index contributed by atoms with van der Waals surface area (Å²) < 4.78 is 68.9. The van der Waals surface area contributed by atoms with Crippen LogP contribution in [-0.4, -0.2) is 30.5 Å². The zero-order valence-corrected chi connectivity index (χ0v) is 13.6. The molecule has 0 saturated heterocycles. The number of nitrogens with one attached hydrogen (secondary N) is 1. The predicted molar refractivity (Wildman–Crippen MR) is 84.8 cm³/mol. The van der Waals surface area contributed by atoms with Crippen molar-refractivity contribution in [1.82, 2.24) is 9.97 Å². The average Bonchev–Trinajstić information content (AvgIpc) is 2.93. The van der Waals surface area contributed by atoms with Gasteiger partial charge in [-0.25, -0.2) is 8.78 Å². The molecule has 138 valence electrons. The molecule has 3 rings (SSSR count). The van der Waals surface area contributed by atoms with Crippen molar-refractivity contribution in [3.05, 3.63) is 53.2 Å². The minimum Gasteiger partial charge on any atom is -0.388 e. The minimum absolute atomic E-state index is 0.00537. The largest absolute Gasteiger partial charge is 0.417 e. The van der Waals surface area contributed by atoms with Crippen molar-refractivity contribution in [1.29, 1.82) is 0 Å². The summed E-state index contributed by atoms with van der Waals surface area (Å²) in [7, 11) is 3.25. The smallest absolute Gasteiger partial charge is 0.388 e. The fourth-order valence-corrected chi connectivity index (χ4v) is 2.27. The molecule has 3 aromatic rings. The summed E-state index contributed by atoms with van der Waals surface area (Å²) in [5.74, 6) is -1.79. The number of carbonyl (C=O) groups excluding carboxylic acids is 1. The third-order valence-electron chi connectivity index (χ3n) is 3.33. The van der Waals surface area contributed by atoms with Gasteiger partial charge in [0.1, 0.15) is 11.6 Å². The van der Waals surface area contributed by atoms with Crippen molar-refractivity contribution < 1.29 is 31.5 Å². The number of halogens is 5. The van der Waals surface area contributed by atoms with Gasteiger partial charge in [0.15, 0.2) is 6.29 Å². The molecule has 0 atom stereocenters. The Kier molecular flexibility index (Phi) is 5.71. The van der Waals surface area contributed by atoms with E-state index in [1.165, 1.54) is 0 Å². The lowest BCUT2D eigenvalue weighted by atomic mass is 10.1. The molecule has 0 aliphatic carbocycles. The standard InChI is InChI=1S/C15H7F5N2O.C2H6O/c16-8-3-9-10(6-23)14(22-13(9)11(17)4-8)12-2-1-7(5-21-12)15(18,19)20;1-3-2/h1-6,22H;1-2H3. The fourth-order valence-electron chi connectivity index (χ4n) is 2.27. The first kappa shape index (κ1) is 19.5.